The van der Waals surface area contributed by atoms with E-state index < -0.39 is 0 Å². The van der Waals surface area contributed by atoms with Crippen molar-refractivity contribution in [3.8, 4) is 0 Å². The minimum Gasteiger partial charge on any atom is -0.396 e. The molecule has 2 heteroatoms. The van der Waals surface area contributed by atoms with Crippen LogP contribution >= 0.6 is 0 Å². The van der Waals surface area contributed by atoms with Crippen LogP contribution in [0, 0.1) is 17.8 Å². The summed E-state index contributed by atoms with van der Waals surface area (Å²) in [6, 6.07) is 0. The summed E-state index contributed by atoms with van der Waals surface area (Å²) < 4.78 is 6.10. The van der Waals surface area contributed by atoms with E-state index in [4.69, 9.17) is 9.84 Å². The Morgan fingerprint density at radius 1 is 1.30 bits per heavy atom. The highest BCUT2D eigenvalue weighted by molar-refractivity contribution is 5.03. The molecule has 0 radical (unpaired) electrons. The van der Waals surface area contributed by atoms with Crippen molar-refractivity contribution in [2.24, 2.45) is 17.8 Å². The molecular weight excluding hydrogens is 248 g/mol. The van der Waals surface area contributed by atoms with Gasteiger partial charge in [-0.1, -0.05) is 25.0 Å². The molecule has 0 bridgehead atoms. The Hall–Kier alpha value is -0.340. The largest absolute Gasteiger partial charge is 0.396 e. The molecule has 1 saturated heterocycles. The summed E-state index contributed by atoms with van der Waals surface area (Å²) in [7, 11) is 0. The molecule has 0 amide bonds. The lowest BCUT2D eigenvalue weighted by Crippen LogP contribution is -2.31. The molecule has 0 spiro atoms. The predicted octanol–water partition coefficient (Wildman–Crippen LogP) is 4.33. The molecule has 2 rings (SSSR count). The maximum absolute atomic E-state index is 9.03. The molecule has 4 unspecified atom stereocenters. The second-order valence-corrected chi connectivity index (χ2v) is 7.10. The van der Waals surface area contributed by atoms with Gasteiger partial charge in [0.15, 0.2) is 0 Å². The summed E-state index contributed by atoms with van der Waals surface area (Å²) in [5, 5.41) is 9.03. The molecule has 20 heavy (non-hydrogen) atoms. The number of rotatable bonds is 6. The molecule has 1 N–H and O–H groups in total. The summed E-state index contributed by atoms with van der Waals surface area (Å²) in [6.07, 6.45) is 13.0. The molecule has 116 valence electrons. The third-order valence-electron chi connectivity index (χ3n) is 5.29. The third kappa shape index (κ3) is 4.89. The SMILES string of the molecule is CC1=CCC(C2CCC(CCCC(C)CO)OC2)CC1. The van der Waals surface area contributed by atoms with E-state index >= 15 is 0 Å². The van der Waals surface area contributed by atoms with Gasteiger partial charge in [0.2, 0.25) is 0 Å². The molecule has 2 nitrogen and oxygen atoms in total. The van der Waals surface area contributed by atoms with Crippen LogP contribution < -0.4 is 0 Å². The maximum atomic E-state index is 9.03. The zero-order chi connectivity index (χ0) is 14.4. The van der Waals surface area contributed by atoms with Crippen LogP contribution in [0.3, 0.4) is 0 Å². The molecule has 4 atom stereocenters. The van der Waals surface area contributed by atoms with E-state index in [1.54, 1.807) is 5.57 Å². The normalized spacial score (nSPS) is 32.8. The monoisotopic (exact) mass is 280 g/mol. The van der Waals surface area contributed by atoms with Gasteiger partial charge in [-0.15, -0.1) is 0 Å². The maximum Gasteiger partial charge on any atom is 0.0575 e. The van der Waals surface area contributed by atoms with E-state index in [9.17, 15) is 0 Å². The van der Waals surface area contributed by atoms with E-state index in [1.165, 1.54) is 44.9 Å². The summed E-state index contributed by atoms with van der Waals surface area (Å²) in [6.45, 7) is 5.69. The second-order valence-electron chi connectivity index (χ2n) is 7.10. The number of aliphatic hydroxyl groups is 1. The van der Waals surface area contributed by atoms with E-state index in [2.05, 4.69) is 19.9 Å². The average molecular weight is 280 g/mol. The van der Waals surface area contributed by atoms with Gasteiger partial charge in [-0.05, 0) is 69.6 Å². The van der Waals surface area contributed by atoms with Crippen LogP contribution in [0.2, 0.25) is 0 Å². The minimum atomic E-state index is 0.322. The van der Waals surface area contributed by atoms with Gasteiger partial charge in [0, 0.05) is 6.61 Å². The molecule has 1 fully saturated rings. The van der Waals surface area contributed by atoms with Crippen molar-refractivity contribution in [3.63, 3.8) is 0 Å². The zero-order valence-electron chi connectivity index (χ0n) is 13.3. The minimum absolute atomic E-state index is 0.322. The van der Waals surface area contributed by atoms with Gasteiger partial charge < -0.3 is 9.84 Å². The predicted molar refractivity (Wildman–Crippen MR) is 83.7 cm³/mol. The van der Waals surface area contributed by atoms with Crippen LogP contribution in [0.4, 0.5) is 0 Å². The molecule has 1 aliphatic carbocycles. The number of allylic oxidation sites excluding steroid dienone is 2. The molecule has 0 saturated carbocycles. The molecule has 1 aliphatic heterocycles. The van der Waals surface area contributed by atoms with Gasteiger partial charge in [0.25, 0.3) is 0 Å². The number of hydrogen-bond acceptors (Lipinski definition) is 2. The van der Waals surface area contributed by atoms with Crippen molar-refractivity contribution >= 4 is 0 Å². The van der Waals surface area contributed by atoms with Crippen LogP contribution in [-0.2, 0) is 4.74 Å². The highest BCUT2D eigenvalue weighted by atomic mass is 16.5. The summed E-state index contributed by atoms with van der Waals surface area (Å²) in [4.78, 5) is 0. The summed E-state index contributed by atoms with van der Waals surface area (Å²) >= 11 is 0. The van der Waals surface area contributed by atoms with E-state index in [0.717, 1.165) is 24.9 Å². The topological polar surface area (TPSA) is 29.5 Å². The van der Waals surface area contributed by atoms with Crippen molar-refractivity contribution < 1.29 is 9.84 Å². The van der Waals surface area contributed by atoms with E-state index in [1.807, 2.05) is 0 Å². The second kappa shape index (κ2) is 8.19. The Kier molecular flexibility index (Phi) is 6.57. The van der Waals surface area contributed by atoms with Crippen LogP contribution in [0.5, 0.6) is 0 Å². The van der Waals surface area contributed by atoms with Gasteiger partial charge in [0.1, 0.15) is 0 Å². The highest BCUT2D eigenvalue weighted by Gasteiger charge is 2.28. The third-order valence-corrected chi connectivity index (χ3v) is 5.29. The summed E-state index contributed by atoms with van der Waals surface area (Å²) in [5.74, 6) is 2.12. The van der Waals surface area contributed by atoms with Crippen molar-refractivity contribution in [2.45, 2.75) is 71.3 Å². The van der Waals surface area contributed by atoms with Crippen LogP contribution in [0.25, 0.3) is 0 Å². The number of hydrogen-bond donors (Lipinski definition) is 1. The lowest BCUT2D eigenvalue weighted by molar-refractivity contribution is -0.0381. The van der Waals surface area contributed by atoms with Crippen molar-refractivity contribution in [2.75, 3.05) is 13.2 Å². The molecule has 2 aliphatic rings. The first-order valence-electron chi connectivity index (χ1n) is 8.57. The fourth-order valence-electron chi connectivity index (χ4n) is 3.62. The first-order chi connectivity index (χ1) is 9.69. The number of ether oxygens (including phenoxy) is 1. The Labute approximate surface area is 124 Å². The van der Waals surface area contributed by atoms with Crippen molar-refractivity contribution in [1.82, 2.24) is 0 Å². The smallest absolute Gasteiger partial charge is 0.0575 e. The van der Waals surface area contributed by atoms with E-state index in [-0.39, 0.29) is 0 Å². The Morgan fingerprint density at radius 3 is 2.75 bits per heavy atom. The van der Waals surface area contributed by atoms with Gasteiger partial charge in [-0.25, -0.2) is 0 Å². The van der Waals surface area contributed by atoms with Crippen LogP contribution in [-0.4, -0.2) is 24.4 Å². The molecule has 0 aromatic carbocycles. The molecule has 0 aromatic rings. The van der Waals surface area contributed by atoms with Gasteiger partial charge in [-0.2, -0.15) is 0 Å². The molecular formula is C18H32O2. The van der Waals surface area contributed by atoms with Crippen LogP contribution in [0.15, 0.2) is 11.6 Å². The zero-order valence-corrected chi connectivity index (χ0v) is 13.3. The Bertz CT molecular complexity index is 303. The molecule has 0 aromatic heterocycles. The fraction of sp³-hybridized carbons (Fsp3) is 0.889. The Morgan fingerprint density at radius 2 is 2.15 bits per heavy atom. The fourth-order valence-corrected chi connectivity index (χ4v) is 3.62. The van der Waals surface area contributed by atoms with Crippen LogP contribution in [0.1, 0.15) is 65.2 Å². The van der Waals surface area contributed by atoms with Gasteiger partial charge in [-0.3, -0.25) is 0 Å². The average Bonchev–Trinajstić information content (AvgIpc) is 2.48. The first kappa shape index (κ1) is 16.0. The lowest BCUT2D eigenvalue weighted by Gasteiger charge is -2.35. The Balaban J connectivity index is 1.63. The van der Waals surface area contributed by atoms with Gasteiger partial charge in [0.05, 0.1) is 12.7 Å². The molecule has 1 heterocycles. The van der Waals surface area contributed by atoms with Crippen molar-refractivity contribution in [1.29, 1.82) is 0 Å². The summed E-state index contributed by atoms with van der Waals surface area (Å²) in [5.41, 5.74) is 1.58. The first-order valence-corrected chi connectivity index (χ1v) is 8.57. The lowest BCUT2D eigenvalue weighted by atomic mass is 9.77. The number of aliphatic hydroxyl groups excluding tert-OH is 1. The van der Waals surface area contributed by atoms with E-state index in [0.29, 0.717) is 18.6 Å². The standard InChI is InChI=1S/C18H32O2/c1-14-6-8-16(9-7-14)17-10-11-18(20-13-17)5-3-4-15(2)12-19/h6,15-19H,3-5,7-13H2,1-2H3. The van der Waals surface area contributed by atoms with Gasteiger partial charge >= 0.3 is 0 Å². The quantitative estimate of drug-likeness (QED) is 0.734. The highest BCUT2D eigenvalue weighted by Crippen LogP contribution is 2.35. The van der Waals surface area contributed by atoms with Crippen molar-refractivity contribution in [3.05, 3.63) is 11.6 Å².